The van der Waals surface area contributed by atoms with E-state index in [2.05, 4.69) is 72.2 Å². The summed E-state index contributed by atoms with van der Waals surface area (Å²) < 4.78 is 33.3. The molecule has 2 amide bonds. The van der Waals surface area contributed by atoms with E-state index in [1.807, 2.05) is 30.6 Å². The molecule has 3 fully saturated rings. The van der Waals surface area contributed by atoms with Crippen molar-refractivity contribution in [2.45, 2.75) is 63.8 Å². The number of rotatable bonds is 6. The number of piperidine rings is 2. The summed E-state index contributed by atoms with van der Waals surface area (Å²) in [6.07, 6.45) is 5.67. The number of aromatic nitrogens is 4. The molecule has 11 nitrogen and oxygen atoms in total. The lowest BCUT2D eigenvalue weighted by Crippen LogP contribution is -2.46. The number of piperazine rings is 1. The van der Waals surface area contributed by atoms with Crippen LogP contribution < -0.4 is 20.3 Å². The van der Waals surface area contributed by atoms with Crippen LogP contribution in [0.25, 0.3) is 16.6 Å². The maximum atomic E-state index is 15.2. The summed E-state index contributed by atoms with van der Waals surface area (Å²) in [5.41, 5.74) is 4.44. The summed E-state index contributed by atoms with van der Waals surface area (Å²) >= 11 is 3.57. The van der Waals surface area contributed by atoms with Gasteiger partial charge in [-0.3, -0.25) is 23.9 Å². The molecule has 0 bridgehead atoms. The average Bonchev–Trinajstić information content (AvgIpc) is 3.41. The zero-order valence-corrected chi connectivity index (χ0v) is 32.9. The second-order valence-corrected chi connectivity index (χ2v) is 16.6. The Morgan fingerprint density at radius 3 is 2.16 bits per heavy atom. The van der Waals surface area contributed by atoms with E-state index in [0.717, 1.165) is 70.4 Å². The second kappa shape index (κ2) is 14.1. The highest BCUT2D eigenvalue weighted by Gasteiger charge is 2.39. The lowest BCUT2D eigenvalue weighted by molar-refractivity contribution is -0.129. The van der Waals surface area contributed by atoms with Gasteiger partial charge in [0, 0.05) is 62.3 Å². The lowest BCUT2D eigenvalue weighted by atomic mass is 9.85. The molecule has 14 heteroatoms. The zero-order valence-electron chi connectivity index (χ0n) is 31.3. The number of fused-ring (bicyclic) bond motifs is 5. The smallest absolute Gasteiger partial charge is 0.281 e. The van der Waals surface area contributed by atoms with E-state index in [1.165, 1.54) is 12.1 Å². The molecule has 5 aromatic rings. The van der Waals surface area contributed by atoms with Crippen LogP contribution in [0, 0.1) is 11.6 Å². The molecule has 0 atom stereocenters. The maximum absolute atomic E-state index is 15.2. The highest BCUT2D eigenvalue weighted by molar-refractivity contribution is 9.10. The fourth-order valence-corrected chi connectivity index (χ4v) is 9.43. The highest BCUT2D eigenvalue weighted by atomic mass is 79.9. The van der Waals surface area contributed by atoms with Gasteiger partial charge >= 0.3 is 0 Å². The first kappa shape index (κ1) is 36.6. The molecule has 4 aliphatic heterocycles. The number of benzene rings is 3. The molecule has 6 heterocycles. The van der Waals surface area contributed by atoms with Gasteiger partial charge in [0.15, 0.2) is 11.6 Å². The van der Waals surface area contributed by atoms with Crippen molar-refractivity contribution in [2.75, 3.05) is 54.0 Å². The molecule has 0 saturated carbocycles. The largest absolute Gasteiger partial charge is 0.369 e. The SMILES string of the molecule is CC1(C)c2ccc(N3CCN(Cc4ncc(N5CCC(c6cc(F)c(N7C(=O)CCCC7=O)c(F)c6)CC5)cn4)CC3)cc2-n2c1nc(=O)c1c(Br)cccc12. The summed E-state index contributed by atoms with van der Waals surface area (Å²) in [5.74, 6) is -1.44. The minimum Gasteiger partial charge on any atom is -0.369 e. The minimum atomic E-state index is -0.880. The molecule has 0 N–H and O–H groups in total. The highest BCUT2D eigenvalue weighted by Crippen LogP contribution is 2.44. The molecule has 0 radical (unpaired) electrons. The summed E-state index contributed by atoms with van der Waals surface area (Å²) in [4.78, 5) is 59.3. The second-order valence-electron chi connectivity index (χ2n) is 15.7. The molecule has 0 unspecified atom stereocenters. The Kier molecular flexibility index (Phi) is 9.23. The van der Waals surface area contributed by atoms with Crippen molar-refractivity contribution in [3.8, 4) is 5.69 Å². The van der Waals surface area contributed by atoms with Crippen LogP contribution in [0.1, 0.15) is 74.6 Å². The van der Waals surface area contributed by atoms with Crippen molar-refractivity contribution in [1.29, 1.82) is 0 Å². The van der Waals surface area contributed by atoms with E-state index in [-0.39, 0.29) is 24.3 Å². The van der Waals surface area contributed by atoms with Gasteiger partial charge in [0.05, 0.1) is 46.6 Å². The molecule has 2 aromatic heterocycles. The van der Waals surface area contributed by atoms with Crippen LogP contribution in [0.4, 0.5) is 25.8 Å². The molecule has 9 rings (SSSR count). The normalized spacial score (nSPS) is 18.8. The first-order valence-electron chi connectivity index (χ1n) is 19.2. The third kappa shape index (κ3) is 6.26. The summed E-state index contributed by atoms with van der Waals surface area (Å²) in [6, 6.07) is 15.0. The Bertz CT molecular complexity index is 2420. The first-order valence-corrected chi connectivity index (χ1v) is 20.0. The van der Waals surface area contributed by atoms with Gasteiger partial charge in [-0.05, 0) is 102 Å². The average molecular weight is 824 g/mol. The van der Waals surface area contributed by atoms with E-state index >= 15 is 8.78 Å². The molecule has 3 saturated heterocycles. The van der Waals surface area contributed by atoms with E-state index < -0.39 is 34.6 Å². The fraction of sp³-hybridized carbons (Fsp3) is 0.381. The van der Waals surface area contributed by atoms with Crippen LogP contribution in [0.2, 0.25) is 0 Å². The molecule has 56 heavy (non-hydrogen) atoms. The van der Waals surface area contributed by atoms with E-state index in [9.17, 15) is 14.4 Å². The monoisotopic (exact) mass is 822 g/mol. The van der Waals surface area contributed by atoms with E-state index in [1.54, 1.807) is 0 Å². The van der Waals surface area contributed by atoms with Gasteiger partial charge in [0.2, 0.25) is 11.8 Å². The van der Waals surface area contributed by atoms with Crippen LogP contribution in [0.5, 0.6) is 0 Å². The van der Waals surface area contributed by atoms with Crippen molar-refractivity contribution in [2.24, 2.45) is 0 Å². The van der Waals surface area contributed by atoms with Gasteiger partial charge in [-0.1, -0.05) is 12.1 Å². The molecule has 4 aliphatic rings. The van der Waals surface area contributed by atoms with Gasteiger partial charge in [-0.25, -0.2) is 23.6 Å². The molecule has 0 spiro atoms. The van der Waals surface area contributed by atoms with Crippen LogP contribution in [-0.2, 0) is 21.5 Å². The number of hydrogen-bond acceptors (Lipinski definition) is 9. The van der Waals surface area contributed by atoms with Crippen molar-refractivity contribution in [3.05, 3.63) is 110 Å². The summed E-state index contributed by atoms with van der Waals surface area (Å²) in [5, 5.41) is 0.584. The van der Waals surface area contributed by atoms with E-state index in [0.29, 0.717) is 54.7 Å². The Morgan fingerprint density at radius 2 is 1.48 bits per heavy atom. The van der Waals surface area contributed by atoms with Crippen molar-refractivity contribution >= 4 is 55.7 Å². The number of halogens is 3. The Labute approximate surface area is 331 Å². The molecular weight excluding hydrogens is 782 g/mol. The number of amides is 2. The summed E-state index contributed by atoms with van der Waals surface area (Å²) in [6.45, 7) is 9.65. The molecule has 288 valence electrons. The Morgan fingerprint density at radius 1 is 0.821 bits per heavy atom. The van der Waals surface area contributed by atoms with Crippen molar-refractivity contribution < 1.29 is 18.4 Å². The number of anilines is 3. The zero-order chi connectivity index (χ0) is 38.9. The third-order valence-electron chi connectivity index (χ3n) is 12.0. The van der Waals surface area contributed by atoms with Gasteiger partial charge in [0.25, 0.3) is 5.56 Å². The quantitative estimate of drug-likeness (QED) is 0.175. The van der Waals surface area contributed by atoms with Crippen LogP contribution in [0.3, 0.4) is 0 Å². The van der Waals surface area contributed by atoms with Crippen molar-refractivity contribution in [1.82, 2.24) is 24.4 Å². The maximum Gasteiger partial charge on any atom is 0.281 e. The topological polar surface area (TPSA) is 108 Å². The Hall–Kier alpha value is -5.08. The minimum absolute atomic E-state index is 0.0551. The standard InChI is InChI=1S/C42H41BrF2N8O3/c1-42(2)29-10-9-27(21-34(29)52-33-6-3-5-30(43)38(33)40(56)48-41(42)52)51-17-15-49(16-18-51)24-35-46-22-28(23-47-35)50-13-11-25(12-14-50)26-19-31(44)39(32(45)20-26)53-36(54)7-4-8-37(53)55/h3,5-6,9-10,19-23,25H,4,7-8,11-18,24H2,1-2H3. The lowest BCUT2D eigenvalue weighted by Gasteiger charge is -2.36. The molecular formula is C42H41BrF2N8O3. The van der Waals surface area contributed by atoms with Crippen LogP contribution >= 0.6 is 15.9 Å². The summed E-state index contributed by atoms with van der Waals surface area (Å²) in [7, 11) is 0. The van der Waals surface area contributed by atoms with Crippen LogP contribution in [-0.4, -0.2) is 75.5 Å². The molecule has 3 aromatic carbocycles. The van der Waals surface area contributed by atoms with Gasteiger partial charge in [-0.15, -0.1) is 0 Å². The number of nitrogens with zero attached hydrogens (tertiary/aromatic N) is 8. The number of hydrogen-bond donors (Lipinski definition) is 0. The van der Waals surface area contributed by atoms with E-state index in [4.69, 9.17) is 9.97 Å². The van der Waals surface area contributed by atoms with Crippen molar-refractivity contribution in [3.63, 3.8) is 0 Å². The van der Waals surface area contributed by atoms with Gasteiger partial charge in [0.1, 0.15) is 17.3 Å². The Balaban J connectivity index is 0.815. The van der Waals surface area contributed by atoms with Gasteiger partial charge < -0.3 is 9.80 Å². The predicted molar refractivity (Wildman–Crippen MR) is 214 cm³/mol. The number of carbonyl (C=O) groups is 2. The molecule has 0 aliphatic carbocycles. The fourth-order valence-electron chi connectivity index (χ4n) is 8.91. The third-order valence-corrected chi connectivity index (χ3v) is 12.6. The number of carbonyl (C=O) groups excluding carboxylic acids is 2. The number of imide groups is 1. The van der Waals surface area contributed by atoms with Gasteiger partial charge in [-0.2, -0.15) is 4.98 Å². The first-order chi connectivity index (χ1) is 27.0. The van der Waals surface area contributed by atoms with Crippen LogP contribution in [0.15, 0.2) is 70.2 Å². The predicted octanol–water partition coefficient (Wildman–Crippen LogP) is 6.61.